The van der Waals surface area contributed by atoms with E-state index in [9.17, 15) is 4.79 Å². The molecule has 1 aromatic rings. The van der Waals surface area contributed by atoms with E-state index in [0.29, 0.717) is 19.1 Å². The van der Waals surface area contributed by atoms with E-state index in [4.69, 9.17) is 4.74 Å². The number of ether oxygens (including phenoxy) is 1. The van der Waals surface area contributed by atoms with E-state index in [0.717, 1.165) is 17.7 Å². The molecule has 20 heavy (non-hydrogen) atoms. The Morgan fingerprint density at radius 1 is 1.30 bits per heavy atom. The van der Waals surface area contributed by atoms with Crippen molar-refractivity contribution in [2.45, 2.75) is 33.2 Å². The molecule has 0 fully saturated rings. The van der Waals surface area contributed by atoms with Crippen LogP contribution in [0.4, 0.5) is 0 Å². The van der Waals surface area contributed by atoms with Crippen molar-refractivity contribution in [1.29, 1.82) is 0 Å². The quantitative estimate of drug-likeness (QED) is 0.768. The molecule has 0 aliphatic carbocycles. The van der Waals surface area contributed by atoms with E-state index in [-0.39, 0.29) is 11.9 Å². The van der Waals surface area contributed by atoms with Gasteiger partial charge in [-0.15, -0.1) is 0 Å². The third-order valence-corrected chi connectivity index (χ3v) is 2.97. The number of amides is 1. The SMILES string of the molecule is CCOc1ccccc1C(CC(C)C)NC(=O)CNC. The fourth-order valence-electron chi connectivity index (χ4n) is 2.20. The monoisotopic (exact) mass is 278 g/mol. The molecule has 112 valence electrons. The van der Waals surface area contributed by atoms with Crippen molar-refractivity contribution >= 4 is 5.91 Å². The van der Waals surface area contributed by atoms with Crippen LogP contribution >= 0.6 is 0 Å². The second-order valence-electron chi connectivity index (χ2n) is 5.25. The minimum atomic E-state index is -0.0152. The molecule has 0 radical (unpaired) electrons. The molecule has 0 bridgehead atoms. The molecule has 0 aromatic heterocycles. The van der Waals surface area contributed by atoms with Gasteiger partial charge in [0.1, 0.15) is 5.75 Å². The van der Waals surface area contributed by atoms with E-state index in [2.05, 4.69) is 24.5 Å². The summed E-state index contributed by atoms with van der Waals surface area (Å²) in [5, 5.41) is 5.96. The summed E-state index contributed by atoms with van der Waals surface area (Å²) in [6.45, 7) is 7.22. The summed E-state index contributed by atoms with van der Waals surface area (Å²) < 4.78 is 5.67. The molecular weight excluding hydrogens is 252 g/mol. The average Bonchev–Trinajstić information content (AvgIpc) is 2.39. The lowest BCUT2D eigenvalue weighted by molar-refractivity contribution is -0.121. The Kier molecular flexibility index (Phi) is 7.09. The van der Waals surface area contributed by atoms with Crippen LogP contribution in [-0.4, -0.2) is 26.1 Å². The lowest BCUT2D eigenvalue weighted by Gasteiger charge is -2.23. The van der Waals surface area contributed by atoms with Gasteiger partial charge in [-0.05, 0) is 32.4 Å². The fraction of sp³-hybridized carbons (Fsp3) is 0.562. The first kappa shape index (κ1) is 16.5. The summed E-state index contributed by atoms with van der Waals surface area (Å²) >= 11 is 0. The van der Waals surface area contributed by atoms with Crippen LogP contribution in [0.5, 0.6) is 5.75 Å². The highest BCUT2D eigenvalue weighted by Crippen LogP contribution is 2.29. The Morgan fingerprint density at radius 2 is 2.00 bits per heavy atom. The van der Waals surface area contributed by atoms with Crippen molar-refractivity contribution in [2.75, 3.05) is 20.2 Å². The van der Waals surface area contributed by atoms with E-state index in [1.54, 1.807) is 7.05 Å². The van der Waals surface area contributed by atoms with E-state index < -0.39 is 0 Å². The lowest BCUT2D eigenvalue weighted by atomic mass is 9.96. The number of carbonyl (C=O) groups excluding carboxylic acids is 1. The van der Waals surface area contributed by atoms with Gasteiger partial charge in [0.25, 0.3) is 0 Å². The molecular formula is C16H26N2O2. The summed E-state index contributed by atoms with van der Waals surface area (Å²) in [5.41, 5.74) is 1.05. The standard InChI is InChI=1S/C16H26N2O2/c1-5-20-15-9-7-6-8-13(15)14(10-12(2)3)18-16(19)11-17-4/h6-9,12,14,17H,5,10-11H2,1-4H3,(H,18,19). The summed E-state index contributed by atoms with van der Waals surface area (Å²) in [4.78, 5) is 11.9. The second kappa shape index (κ2) is 8.59. The first-order chi connectivity index (χ1) is 9.58. The number of carbonyl (C=O) groups is 1. The third kappa shape index (κ3) is 5.21. The van der Waals surface area contributed by atoms with E-state index >= 15 is 0 Å². The summed E-state index contributed by atoms with van der Waals surface area (Å²) in [6.07, 6.45) is 0.888. The van der Waals surface area contributed by atoms with Crippen molar-refractivity contribution in [3.8, 4) is 5.75 Å². The molecule has 0 aliphatic heterocycles. The van der Waals surface area contributed by atoms with Crippen LogP contribution in [0, 0.1) is 5.92 Å². The van der Waals surface area contributed by atoms with Crippen LogP contribution in [0.3, 0.4) is 0 Å². The zero-order chi connectivity index (χ0) is 15.0. The van der Waals surface area contributed by atoms with Gasteiger partial charge in [-0.2, -0.15) is 0 Å². The van der Waals surface area contributed by atoms with Crippen molar-refractivity contribution in [3.05, 3.63) is 29.8 Å². The molecule has 1 rings (SSSR count). The van der Waals surface area contributed by atoms with E-state index in [1.165, 1.54) is 0 Å². The van der Waals surface area contributed by atoms with Crippen molar-refractivity contribution in [3.63, 3.8) is 0 Å². The van der Waals surface area contributed by atoms with Gasteiger partial charge in [0.2, 0.25) is 5.91 Å². The third-order valence-electron chi connectivity index (χ3n) is 2.97. The number of hydrogen-bond donors (Lipinski definition) is 2. The molecule has 1 amide bonds. The molecule has 0 aliphatic rings. The minimum Gasteiger partial charge on any atom is -0.494 e. The molecule has 4 nitrogen and oxygen atoms in total. The Labute approximate surface area is 121 Å². The second-order valence-corrected chi connectivity index (χ2v) is 5.25. The van der Waals surface area contributed by atoms with Gasteiger partial charge in [0.15, 0.2) is 0 Å². The first-order valence-corrected chi connectivity index (χ1v) is 7.24. The Balaban J connectivity index is 2.94. The van der Waals surface area contributed by atoms with Crippen molar-refractivity contribution in [1.82, 2.24) is 10.6 Å². The molecule has 1 atom stereocenters. The van der Waals surface area contributed by atoms with Gasteiger partial charge in [-0.25, -0.2) is 0 Å². The molecule has 0 saturated heterocycles. The highest BCUT2D eigenvalue weighted by atomic mass is 16.5. The molecule has 1 unspecified atom stereocenters. The van der Waals surface area contributed by atoms with Crippen LogP contribution < -0.4 is 15.4 Å². The number of nitrogens with one attached hydrogen (secondary N) is 2. The molecule has 0 saturated carbocycles. The largest absolute Gasteiger partial charge is 0.494 e. The zero-order valence-electron chi connectivity index (χ0n) is 12.9. The summed E-state index contributed by atoms with van der Waals surface area (Å²) in [5.74, 6) is 1.35. The van der Waals surface area contributed by atoms with Crippen LogP contribution in [0.2, 0.25) is 0 Å². The number of benzene rings is 1. The average molecular weight is 278 g/mol. The van der Waals surface area contributed by atoms with Gasteiger partial charge in [0, 0.05) is 5.56 Å². The first-order valence-electron chi connectivity index (χ1n) is 7.24. The molecule has 0 spiro atoms. The highest BCUT2D eigenvalue weighted by Gasteiger charge is 2.19. The smallest absolute Gasteiger partial charge is 0.234 e. The van der Waals surface area contributed by atoms with E-state index in [1.807, 2.05) is 31.2 Å². The normalized spacial score (nSPS) is 12.2. The predicted octanol–water partition coefficient (Wildman–Crippen LogP) is 2.51. The fourth-order valence-corrected chi connectivity index (χ4v) is 2.20. The molecule has 1 aromatic carbocycles. The van der Waals surface area contributed by atoms with Gasteiger partial charge in [-0.3, -0.25) is 4.79 Å². The molecule has 2 N–H and O–H groups in total. The highest BCUT2D eigenvalue weighted by molar-refractivity contribution is 5.78. The number of hydrogen-bond acceptors (Lipinski definition) is 3. The van der Waals surface area contributed by atoms with Crippen LogP contribution in [0.1, 0.15) is 38.8 Å². The topological polar surface area (TPSA) is 50.4 Å². The maximum Gasteiger partial charge on any atom is 0.234 e. The zero-order valence-corrected chi connectivity index (χ0v) is 12.9. The number of likely N-dealkylation sites (N-methyl/N-ethyl adjacent to an activating group) is 1. The van der Waals surface area contributed by atoms with Gasteiger partial charge < -0.3 is 15.4 Å². The summed E-state index contributed by atoms with van der Waals surface area (Å²) in [6, 6.07) is 7.90. The van der Waals surface area contributed by atoms with Crippen molar-refractivity contribution in [2.24, 2.45) is 5.92 Å². The lowest BCUT2D eigenvalue weighted by Crippen LogP contribution is -2.35. The molecule has 4 heteroatoms. The van der Waals surface area contributed by atoms with Crippen LogP contribution in [0.25, 0.3) is 0 Å². The maximum absolute atomic E-state index is 11.9. The van der Waals surface area contributed by atoms with Gasteiger partial charge in [-0.1, -0.05) is 32.0 Å². The maximum atomic E-state index is 11.9. The van der Waals surface area contributed by atoms with Crippen molar-refractivity contribution < 1.29 is 9.53 Å². The summed E-state index contributed by atoms with van der Waals surface area (Å²) in [7, 11) is 1.77. The van der Waals surface area contributed by atoms with Gasteiger partial charge >= 0.3 is 0 Å². The Morgan fingerprint density at radius 3 is 2.60 bits per heavy atom. The van der Waals surface area contributed by atoms with Gasteiger partial charge in [0.05, 0.1) is 19.2 Å². The number of rotatable bonds is 8. The predicted molar refractivity (Wildman–Crippen MR) is 81.9 cm³/mol. The van der Waals surface area contributed by atoms with Crippen LogP contribution in [-0.2, 0) is 4.79 Å². The van der Waals surface area contributed by atoms with Crippen LogP contribution in [0.15, 0.2) is 24.3 Å². The molecule has 0 heterocycles. The Hall–Kier alpha value is -1.55. The Bertz CT molecular complexity index is 419. The minimum absolute atomic E-state index is 0.00412. The number of para-hydroxylation sites is 1.